The van der Waals surface area contributed by atoms with Crippen LogP contribution in [0.15, 0.2) is 42.7 Å². The van der Waals surface area contributed by atoms with Crippen LogP contribution in [0.2, 0.25) is 0 Å². The smallest absolute Gasteiger partial charge is 0.116 e. The molecule has 0 radical (unpaired) electrons. The molecule has 0 aliphatic heterocycles. The summed E-state index contributed by atoms with van der Waals surface area (Å²) in [6.45, 7) is 10.4. The average molecular weight is 364 g/mol. The third-order valence-electron chi connectivity index (χ3n) is 4.32. The Labute approximate surface area is 163 Å². The molecule has 0 saturated carbocycles. The molecule has 0 aliphatic carbocycles. The van der Waals surface area contributed by atoms with Crippen LogP contribution < -0.4 is 0 Å². The van der Waals surface area contributed by atoms with Crippen LogP contribution in [-0.4, -0.2) is 9.97 Å². The molecular formula is C23H24N2S. The van der Waals surface area contributed by atoms with Crippen molar-refractivity contribution in [1.82, 2.24) is 9.97 Å². The van der Waals surface area contributed by atoms with Crippen LogP contribution >= 0.6 is 11.3 Å². The van der Waals surface area contributed by atoms with Crippen LogP contribution in [-0.2, 0) is 6.42 Å². The van der Waals surface area contributed by atoms with Crippen molar-refractivity contribution >= 4 is 31.6 Å². The Morgan fingerprint density at radius 3 is 2.62 bits per heavy atom. The maximum absolute atomic E-state index is 8.55. The van der Waals surface area contributed by atoms with Crippen molar-refractivity contribution in [1.29, 1.82) is 0 Å². The van der Waals surface area contributed by atoms with E-state index >= 15 is 0 Å². The number of aryl methyl sites for hydroxylation is 1. The van der Waals surface area contributed by atoms with E-state index in [0.29, 0.717) is 28.9 Å². The molecule has 2 aromatic carbocycles. The molecule has 0 bridgehead atoms. The van der Waals surface area contributed by atoms with Gasteiger partial charge in [-0.3, -0.25) is 0 Å². The molecule has 0 spiro atoms. The van der Waals surface area contributed by atoms with Crippen LogP contribution in [0, 0.1) is 19.3 Å². The number of benzene rings is 2. The van der Waals surface area contributed by atoms with Crippen LogP contribution in [0.1, 0.15) is 41.6 Å². The zero-order valence-corrected chi connectivity index (χ0v) is 16.6. The molecule has 2 heterocycles. The van der Waals surface area contributed by atoms with E-state index in [-0.39, 0.29) is 11.7 Å². The number of nitrogens with zero attached hydrogens (tertiary/aromatic N) is 2. The highest BCUT2D eigenvalue weighted by molar-refractivity contribution is 7.26. The molecule has 0 fully saturated rings. The molecule has 0 N–H and O–H groups in total. The standard InChI is InChI=1S/C23H24N2S/c1-14-8-15(2)10-17(9-14)20-22-21(25-13-24-20)18-7-6-16(11-19(18)26-22)12-23(3,4)5/h6-11,13H,12H2,1-5H3/i8D,9D,13D. The lowest BCUT2D eigenvalue weighted by molar-refractivity contribution is 0.411. The number of thiophene rings is 1. The Hall–Kier alpha value is -2.26. The highest BCUT2D eigenvalue weighted by atomic mass is 32.1. The first-order valence-corrected chi connectivity index (χ1v) is 9.64. The van der Waals surface area contributed by atoms with Crippen molar-refractivity contribution in [3.63, 3.8) is 0 Å². The summed E-state index contributed by atoms with van der Waals surface area (Å²) in [5.41, 5.74) is 4.98. The molecule has 3 heteroatoms. The Morgan fingerprint density at radius 1 is 1.04 bits per heavy atom. The van der Waals surface area contributed by atoms with Gasteiger partial charge < -0.3 is 0 Å². The van der Waals surface area contributed by atoms with Gasteiger partial charge in [-0.2, -0.15) is 0 Å². The van der Waals surface area contributed by atoms with Gasteiger partial charge in [0.2, 0.25) is 0 Å². The Balaban J connectivity index is 2.00. The summed E-state index contributed by atoms with van der Waals surface area (Å²) in [4.78, 5) is 8.82. The first kappa shape index (κ1) is 13.9. The molecular weight excluding hydrogens is 336 g/mol. The minimum Gasteiger partial charge on any atom is -0.235 e. The van der Waals surface area contributed by atoms with Gasteiger partial charge in [0.15, 0.2) is 0 Å². The molecule has 0 amide bonds. The number of hydrogen-bond donors (Lipinski definition) is 0. The summed E-state index contributed by atoms with van der Waals surface area (Å²) >= 11 is 1.62. The molecule has 0 saturated heterocycles. The van der Waals surface area contributed by atoms with Crippen molar-refractivity contribution < 1.29 is 4.11 Å². The van der Waals surface area contributed by atoms with Crippen molar-refractivity contribution in [2.45, 2.75) is 41.0 Å². The van der Waals surface area contributed by atoms with E-state index in [0.717, 1.165) is 32.3 Å². The van der Waals surface area contributed by atoms with Crippen LogP contribution in [0.5, 0.6) is 0 Å². The molecule has 0 atom stereocenters. The maximum Gasteiger partial charge on any atom is 0.116 e. The lowest BCUT2D eigenvalue weighted by Gasteiger charge is -2.17. The van der Waals surface area contributed by atoms with Gasteiger partial charge in [0, 0.05) is 15.6 Å². The minimum absolute atomic E-state index is 0.0457. The van der Waals surface area contributed by atoms with Gasteiger partial charge >= 0.3 is 0 Å². The first-order valence-electron chi connectivity index (χ1n) is 10.3. The quantitative estimate of drug-likeness (QED) is 0.395. The van der Waals surface area contributed by atoms with Gasteiger partial charge in [-0.25, -0.2) is 9.97 Å². The van der Waals surface area contributed by atoms with E-state index in [4.69, 9.17) is 4.11 Å². The van der Waals surface area contributed by atoms with Crippen LogP contribution in [0.25, 0.3) is 31.6 Å². The van der Waals surface area contributed by atoms with Gasteiger partial charge in [-0.1, -0.05) is 50.1 Å². The second-order valence-electron chi connectivity index (χ2n) is 8.14. The summed E-state index contributed by atoms with van der Waals surface area (Å²) in [5.74, 6) is 0. The summed E-state index contributed by atoms with van der Waals surface area (Å²) in [6.07, 6.45) is 0.940. The van der Waals surface area contributed by atoms with E-state index < -0.39 is 0 Å². The van der Waals surface area contributed by atoms with Crippen molar-refractivity contribution in [2.75, 3.05) is 0 Å². The fourth-order valence-electron chi connectivity index (χ4n) is 3.42. The largest absolute Gasteiger partial charge is 0.235 e. The summed E-state index contributed by atoms with van der Waals surface area (Å²) < 4.78 is 26.9. The Kier molecular flexibility index (Phi) is 3.29. The minimum atomic E-state index is -0.0457. The van der Waals surface area contributed by atoms with Crippen molar-refractivity contribution in [2.24, 2.45) is 5.41 Å². The monoisotopic (exact) mass is 363 g/mol. The molecule has 2 nitrogen and oxygen atoms in total. The summed E-state index contributed by atoms with van der Waals surface area (Å²) in [5, 5.41) is 1.02. The average Bonchev–Trinajstić information content (AvgIpc) is 2.98. The lowest BCUT2D eigenvalue weighted by atomic mass is 9.88. The number of fused-ring (bicyclic) bond motifs is 3. The van der Waals surface area contributed by atoms with E-state index in [9.17, 15) is 0 Å². The predicted molar refractivity (Wildman–Crippen MR) is 113 cm³/mol. The second-order valence-corrected chi connectivity index (χ2v) is 9.19. The molecule has 0 unspecified atom stereocenters. The summed E-state index contributed by atoms with van der Waals surface area (Å²) in [7, 11) is 0. The number of aromatic nitrogens is 2. The van der Waals surface area contributed by atoms with Crippen molar-refractivity contribution in [3.05, 3.63) is 59.3 Å². The van der Waals surface area contributed by atoms with Crippen LogP contribution in [0.4, 0.5) is 0 Å². The predicted octanol–water partition coefficient (Wildman–Crippen LogP) is 6.72. The fourth-order valence-corrected chi connectivity index (χ4v) is 4.63. The molecule has 4 aromatic rings. The molecule has 2 aromatic heterocycles. The topological polar surface area (TPSA) is 25.8 Å². The zero-order chi connectivity index (χ0) is 21.1. The van der Waals surface area contributed by atoms with E-state index in [1.54, 1.807) is 18.3 Å². The van der Waals surface area contributed by atoms with Gasteiger partial charge in [-0.15, -0.1) is 11.3 Å². The third-order valence-corrected chi connectivity index (χ3v) is 5.47. The Morgan fingerprint density at radius 2 is 1.85 bits per heavy atom. The van der Waals surface area contributed by atoms with Gasteiger partial charge in [-0.05, 0) is 49.4 Å². The second kappa shape index (κ2) is 6.17. The van der Waals surface area contributed by atoms with E-state index in [1.165, 1.54) is 5.56 Å². The Bertz CT molecular complexity index is 1270. The highest BCUT2D eigenvalue weighted by Crippen LogP contribution is 2.38. The third kappa shape index (κ3) is 3.24. The first-order chi connectivity index (χ1) is 13.5. The molecule has 26 heavy (non-hydrogen) atoms. The normalized spacial score (nSPS) is 13.8. The van der Waals surface area contributed by atoms with Gasteiger partial charge in [0.1, 0.15) is 7.67 Å². The SMILES string of the molecule is [2H]c1nc(-c2cc(C)c([2H])c(C)c2[2H])c2sc3cc(CC(C)(C)C)ccc3c2n1. The van der Waals surface area contributed by atoms with E-state index in [1.807, 2.05) is 13.0 Å². The fraction of sp³-hybridized carbons (Fsp3) is 0.304. The number of rotatable bonds is 2. The maximum atomic E-state index is 8.55. The van der Waals surface area contributed by atoms with Crippen molar-refractivity contribution in [3.8, 4) is 11.3 Å². The van der Waals surface area contributed by atoms with Crippen LogP contribution in [0.3, 0.4) is 0 Å². The lowest BCUT2D eigenvalue weighted by Crippen LogP contribution is -2.08. The van der Waals surface area contributed by atoms with Gasteiger partial charge in [0.25, 0.3) is 0 Å². The summed E-state index contributed by atoms with van der Waals surface area (Å²) in [6, 6.07) is 8.98. The molecule has 132 valence electrons. The molecule has 4 rings (SSSR count). The van der Waals surface area contributed by atoms with Gasteiger partial charge in [0.05, 0.1) is 18.7 Å². The highest BCUT2D eigenvalue weighted by Gasteiger charge is 2.16. The molecule has 0 aliphatic rings. The van der Waals surface area contributed by atoms with E-state index in [2.05, 4.69) is 48.9 Å². The zero-order valence-electron chi connectivity index (χ0n) is 18.8. The number of hydrogen-bond acceptors (Lipinski definition) is 3.